The molecule has 0 bridgehead atoms. The molecule has 0 saturated heterocycles. The Kier molecular flexibility index (Phi) is 2.82. The molecule has 0 amide bonds. The zero-order valence-corrected chi connectivity index (χ0v) is 10.4. The molecule has 0 aliphatic rings. The van der Waals surface area contributed by atoms with E-state index in [4.69, 9.17) is 0 Å². The molecule has 1 aromatic carbocycles. The fourth-order valence-corrected chi connectivity index (χ4v) is 2.71. The fraction of sp³-hybridized carbons (Fsp3) is 0. The van der Waals surface area contributed by atoms with E-state index in [1.165, 1.54) is 0 Å². The van der Waals surface area contributed by atoms with Crippen molar-refractivity contribution in [3.8, 4) is 27.3 Å². The monoisotopic (exact) mass is 253 g/mol. The highest BCUT2D eigenvalue weighted by atomic mass is 32.1. The number of aromatic hydroxyl groups is 1. The van der Waals surface area contributed by atoms with Crippen molar-refractivity contribution in [1.29, 1.82) is 0 Å². The van der Waals surface area contributed by atoms with Crippen LogP contribution in [0.4, 0.5) is 0 Å². The van der Waals surface area contributed by atoms with Crippen LogP contribution < -0.4 is 0 Å². The molecule has 3 aromatic rings. The van der Waals surface area contributed by atoms with Crippen molar-refractivity contribution in [2.75, 3.05) is 0 Å². The molecule has 1 N–H and O–H groups in total. The molecule has 18 heavy (non-hydrogen) atoms. The molecule has 0 spiro atoms. The maximum Gasteiger partial charge on any atom is 0.123 e. The molecule has 0 atom stereocenters. The Morgan fingerprint density at radius 3 is 2.56 bits per heavy atom. The van der Waals surface area contributed by atoms with Gasteiger partial charge in [0.2, 0.25) is 0 Å². The average molecular weight is 253 g/mol. The Balaban J connectivity index is 2.22. The van der Waals surface area contributed by atoms with Crippen LogP contribution >= 0.6 is 11.3 Å². The van der Waals surface area contributed by atoms with Crippen LogP contribution in [-0.2, 0) is 0 Å². The van der Waals surface area contributed by atoms with Crippen LogP contribution in [-0.4, -0.2) is 10.1 Å². The first kappa shape index (κ1) is 11.0. The Bertz CT molecular complexity index is 662. The minimum absolute atomic E-state index is 0.293. The van der Waals surface area contributed by atoms with Crippen LogP contribution in [0.2, 0.25) is 0 Å². The summed E-state index contributed by atoms with van der Waals surface area (Å²) in [6.07, 6.45) is 3.59. The molecule has 88 valence electrons. The van der Waals surface area contributed by atoms with Gasteiger partial charge in [-0.2, -0.15) is 0 Å². The molecule has 0 fully saturated rings. The fourth-order valence-electron chi connectivity index (χ4n) is 1.96. The highest BCUT2D eigenvalue weighted by Crippen LogP contribution is 2.37. The van der Waals surface area contributed by atoms with Gasteiger partial charge in [-0.15, -0.1) is 11.3 Å². The number of nitrogens with zero attached hydrogens (tertiary/aromatic N) is 1. The molecule has 0 radical (unpaired) electrons. The van der Waals surface area contributed by atoms with Gasteiger partial charge in [0.15, 0.2) is 0 Å². The number of hydrogen-bond donors (Lipinski definition) is 1. The lowest BCUT2D eigenvalue weighted by Crippen LogP contribution is -1.85. The average Bonchev–Trinajstić information content (AvgIpc) is 2.93. The summed E-state index contributed by atoms with van der Waals surface area (Å²) in [7, 11) is 0. The van der Waals surface area contributed by atoms with E-state index in [1.807, 2.05) is 41.9 Å². The van der Waals surface area contributed by atoms with E-state index in [0.717, 1.165) is 21.6 Å². The lowest BCUT2D eigenvalue weighted by molar-refractivity contribution is 0.477. The molecule has 0 saturated carbocycles. The zero-order valence-electron chi connectivity index (χ0n) is 9.58. The first-order valence-corrected chi connectivity index (χ1v) is 6.50. The number of hydrogen-bond acceptors (Lipinski definition) is 3. The molecule has 2 nitrogen and oxygen atoms in total. The summed E-state index contributed by atoms with van der Waals surface area (Å²) in [5.41, 5.74) is 2.89. The maximum atomic E-state index is 9.97. The zero-order chi connectivity index (χ0) is 12.4. The highest BCUT2D eigenvalue weighted by molar-refractivity contribution is 7.13. The molecular weight excluding hydrogens is 242 g/mol. The standard InChI is InChI=1S/C15H11NOS/c17-14-5-2-1-4-12(14)11-7-8-16-10-13(11)15-6-3-9-18-15/h1-10,17H. The van der Waals surface area contributed by atoms with Gasteiger partial charge in [-0.1, -0.05) is 24.3 Å². The van der Waals surface area contributed by atoms with Crippen LogP contribution in [0.15, 0.2) is 60.2 Å². The summed E-state index contributed by atoms with van der Waals surface area (Å²) in [5, 5.41) is 12.0. The van der Waals surface area contributed by atoms with Crippen molar-refractivity contribution in [3.63, 3.8) is 0 Å². The summed E-state index contributed by atoms with van der Waals surface area (Å²) < 4.78 is 0. The molecule has 0 unspecified atom stereocenters. The third kappa shape index (κ3) is 1.89. The number of phenolic OH excluding ortho intramolecular Hbond substituents is 1. The van der Waals surface area contributed by atoms with Crippen LogP contribution in [0.3, 0.4) is 0 Å². The number of pyridine rings is 1. The topological polar surface area (TPSA) is 33.1 Å². The number of para-hydroxylation sites is 1. The minimum atomic E-state index is 0.293. The predicted octanol–water partition coefficient (Wildman–Crippen LogP) is 4.18. The molecule has 0 aliphatic heterocycles. The first-order valence-electron chi connectivity index (χ1n) is 5.62. The third-order valence-corrected chi connectivity index (χ3v) is 3.71. The van der Waals surface area contributed by atoms with Gasteiger partial charge < -0.3 is 5.11 Å². The second-order valence-electron chi connectivity index (χ2n) is 3.92. The molecule has 3 heteroatoms. The van der Waals surface area contributed by atoms with Crippen molar-refractivity contribution < 1.29 is 5.11 Å². The number of rotatable bonds is 2. The number of aromatic nitrogens is 1. The van der Waals surface area contributed by atoms with E-state index in [9.17, 15) is 5.11 Å². The van der Waals surface area contributed by atoms with Gasteiger partial charge in [-0.05, 0) is 29.1 Å². The summed E-state index contributed by atoms with van der Waals surface area (Å²) in [5.74, 6) is 0.293. The van der Waals surface area contributed by atoms with Gasteiger partial charge in [0.25, 0.3) is 0 Å². The van der Waals surface area contributed by atoms with Gasteiger partial charge in [-0.3, -0.25) is 4.98 Å². The van der Waals surface area contributed by atoms with E-state index in [0.29, 0.717) is 5.75 Å². The van der Waals surface area contributed by atoms with Crippen LogP contribution in [0.5, 0.6) is 5.75 Å². The summed E-state index contributed by atoms with van der Waals surface area (Å²) >= 11 is 1.67. The van der Waals surface area contributed by atoms with Gasteiger partial charge in [0, 0.05) is 28.4 Å². The molecular formula is C15H11NOS. The summed E-state index contributed by atoms with van der Waals surface area (Å²) in [6.45, 7) is 0. The van der Waals surface area contributed by atoms with Gasteiger partial charge in [-0.25, -0.2) is 0 Å². The third-order valence-electron chi connectivity index (χ3n) is 2.80. The molecule has 3 rings (SSSR count). The predicted molar refractivity (Wildman–Crippen MR) is 74.7 cm³/mol. The van der Waals surface area contributed by atoms with Crippen LogP contribution in [0.1, 0.15) is 0 Å². The van der Waals surface area contributed by atoms with Crippen molar-refractivity contribution in [2.24, 2.45) is 0 Å². The Hall–Kier alpha value is -2.13. The smallest absolute Gasteiger partial charge is 0.123 e. The largest absolute Gasteiger partial charge is 0.507 e. The van der Waals surface area contributed by atoms with Crippen molar-refractivity contribution in [1.82, 2.24) is 4.98 Å². The molecule has 0 aliphatic carbocycles. The summed E-state index contributed by atoms with van der Waals surface area (Å²) in [6, 6.07) is 13.4. The SMILES string of the molecule is Oc1ccccc1-c1ccncc1-c1cccs1. The highest BCUT2D eigenvalue weighted by Gasteiger charge is 2.10. The second-order valence-corrected chi connectivity index (χ2v) is 4.86. The Labute approximate surface area is 109 Å². The van der Waals surface area contributed by atoms with E-state index >= 15 is 0 Å². The minimum Gasteiger partial charge on any atom is -0.507 e. The molecule has 2 aromatic heterocycles. The normalized spacial score (nSPS) is 10.4. The van der Waals surface area contributed by atoms with E-state index in [2.05, 4.69) is 11.1 Å². The van der Waals surface area contributed by atoms with Crippen molar-refractivity contribution >= 4 is 11.3 Å². The van der Waals surface area contributed by atoms with Gasteiger partial charge in [0.1, 0.15) is 5.75 Å². The van der Waals surface area contributed by atoms with E-state index < -0.39 is 0 Å². The van der Waals surface area contributed by atoms with Gasteiger partial charge >= 0.3 is 0 Å². The number of thiophene rings is 1. The Morgan fingerprint density at radius 1 is 0.889 bits per heavy atom. The van der Waals surface area contributed by atoms with Gasteiger partial charge in [0.05, 0.1) is 0 Å². The number of benzene rings is 1. The van der Waals surface area contributed by atoms with Crippen molar-refractivity contribution in [3.05, 3.63) is 60.2 Å². The summed E-state index contributed by atoms with van der Waals surface area (Å²) in [4.78, 5) is 5.34. The lowest BCUT2D eigenvalue weighted by Gasteiger charge is -2.09. The number of phenols is 1. The van der Waals surface area contributed by atoms with E-state index in [1.54, 1.807) is 23.6 Å². The maximum absolute atomic E-state index is 9.97. The van der Waals surface area contributed by atoms with E-state index in [-0.39, 0.29) is 0 Å². The van der Waals surface area contributed by atoms with Crippen LogP contribution in [0.25, 0.3) is 21.6 Å². The quantitative estimate of drug-likeness (QED) is 0.743. The first-order chi connectivity index (χ1) is 8.86. The molecule has 2 heterocycles. The second kappa shape index (κ2) is 4.63. The van der Waals surface area contributed by atoms with Crippen molar-refractivity contribution in [2.45, 2.75) is 0 Å². The Morgan fingerprint density at radius 2 is 1.78 bits per heavy atom. The van der Waals surface area contributed by atoms with Crippen LogP contribution in [0, 0.1) is 0 Å². The lowest BCUT2D eigenvalue weighted by atomic mass is 10.00.